The smallest absolute Gasteiger partial charge is 0.302 e. The summed E-state index contributed by atoms with van der Waals surface area (Å²) in [5.41, 5.74) is 0.193. The zero-order valence-corrected chi connectivity index (χ0v) is 18.5. The van der Waals surface area contributed by atoms with E-state index in [4.69, 9.17) is 9.62 Å². The Morgan fingerprint density at radius 3 is 2.48 bits per heavy atom. The molecule has 5 nitrogen and oxygen atoms in total. The minimum absolute atomic E-state index is 0.0108. The van der Waals surface area contributed by atoms with Crippen LogP contribution in [0.2, 0.25) is 0 Å². The first-order chi connectivity index (χ1) is 13.6. The van der Waals surface area contributed by atoms with Crippen LogP contribution in [0.15, 0.2) is 11.6 Å². The van der Waals surface area contributed by atoms with Crippen molar-refractivity contribution in [3.8, 4) is 0 Å². The summed E-state index contributed by atoms with van der Waals surface area (Å²) in [6, 6.07) is 0. The van der Waals surface area contributed by atoms with Crippen LogP contribution in [0, 0.1) is 34.5 Å². The van der Waals surface area contributed by atoms with Crippen molar-refractivity contribution in [1.29, 1.82) is 0 Å². The van der Waals surface area contributed by atoms with Crippen molar-refractivity contribution in [1.82, 2.24) is 0 Å². The highest BCUT2D eigenvalue weighted by Gasteiger charge is 2.69. The van der Waals surface area contributed by atoms with E-state index in [0.717, 1.165) is 44.9 Å². The van der Waals surface area contributed by atoms with E-state index in [-0.39, 0.29) is 34.6 Å². The second-order valence-corrected chi connectivity index (χ2v) is 10.7. The molecule has 4 aliphatic rings. The lowest BCUT2D eigenvalue weighted by Gasteiger charge is -2.58. The molecule has 8 atom stereocenters. The maximum absolute atomic E-state index is 12.7. The van der Waals surface area contributed by atoms with Gasteiger partial charge in [-0.1, -0.05) is 32.4 Å². The van der Waals surface area contributed by atoms with Gasteiger partial charge in [0.1, 0.15) is 6.10 Å². The third-order valence-corrected chi connectivity index (χ3v) is 9.60. The Morgan fingerprint density at radius 2 is 1.86 bits per heavy atom. The summed E-state index contributed by atoms with van der Waals surface area (Å²) < 4.78 is 5.53. The lowest BCUT2D eigenvalue weighted by molar-refractivity contribution is -0.347. The maximum Gasteiger partial charge on any atom is 0.302 e. The first-order valence-electron chi connectivity index (χ1n) is 11.3. The molecule has 0 radical (unpaired) electrons. The summed E-state index contributed by atoms with van der Waals surface area (Å²) in [5, 5.41) is 9.92. The third-order valence-electron chi connectivity index (χ3n) is 9.60. The monoisotopic (exact) mass is 404 g/mol. The molecule has 4 rings (SSSR count). The fourth-order valence-corrected chi connectivity index (χ4v) is 8.30. The van der Waals surface area contributed by atoms with Gasteiger partial charge in [0.15, 0.2) is 11.4 Å². The Kier molecular flexibility index (Phi) is 5.02. The van der Waals surface area contributed by atoms with E-state index in [9.17, 15) is 14.8 Å². The standard InChI is InChI=1S/C24H36O5/c1-14-12-21-19-7-6-17-13-18(28-16(3)26)8-10-22(17,4)20(19)9-11-23(21,5)24(14,29-27)15(2)25/h6,14,18-21,27H,7-13H2,1-5H3. The first-order valence-corrected chi connectivity index (χ1v) is 11.3. The molecular formula is C24H36O5. The van der Waals surface area contributed by atoms with Crippen LogP contribution in [0.3, 0.4) is 0 Å². The van der Waals surface area contributed by atoms with E-state index >= 15 is 0 Å². The average molecular weight is 405 g/mol. The van der Waals surface area contributed by atoms with Crippen molar-refractivity contribution in [3.05, 3.63) is 11.6 Å². The largest absolute Gasteiger partial charge is 0.462 e. The van der Waals surface area contributed by atoms with Crippen LogP contribution in [0.1, 0.15) is 79.6 Å². The molecule has 0 aliphatic heterocycles. The Morgan fingerprint density at radius 1 is 1.14 bits per heavy atom. The Hall–Kier alpha value is -1.20. The molecule has 0 saturated heterocycles. The molecule has 0 heterocycles. The summed E-state index contributed by atoms with van der Waals surface area (Å²) in [7, 11) is 0. The zero-order valence-electron chi connectivity index (χ0n) is 18.5. The number of hydrogen-bond donors (Lipinski definition) is 1. The summed E-state index contributed by atoms with van der Waals surface area (Å²) in [6.45, 7) is 9.71. The first kappa shape index (κ1) is 21.0. The van der Waals surface area contributed by atoms with Crippen molar-refractivity contribution in [2.75, 3.05) is 0 Å². The SMILES string of the molecule is CC(=O)OC1CCC2(C)C(=CCC3C2CCC2(C)C3CC(C)C2(OO)C(C)=O)C1. The number of fused-ring (bicyclic) bond motifs is 5. The molecule has 3 fully saturated rings. The van der Waals surface area contributed by atoms with Gasteiger partial charge in [-0.25, -0.2) is 4.89 Å². The fourth-order valence-electron chi connectivity index (χ4n) is 8.30. The summed E-state index contributed by atoms with van der Waals surface area (Å²) in [6.07, 6.45) is 9.13. The van der Waals surface area contributed by atoms with Crippen LogP contribution >= 0.6 is 0 Å². The molecule has 0 amide bonds. The van der Waals surface area contributed by atoms with Crippen LogP contribution in [0.25, 0.3) is 0 Å². The fraction of sp³-hybridized carbons (Fsp3) is 0.833. The molecule has 0 bridgehead atoms. The number of ether oxygens (including phenoxy) is 1. The van der Waals surface area contributed by atoms with Gasteiger partial charge in [0, 0.05) is 18.8 Å². The van der Waals surface area contributed by atoms with Gasteiger partial charge in [0.2, 0.25) is 0 Å². The van der Waals surface area contributed by atoms with Gasteiger partial charge in [-0.05, 0) is 74.5 Å². The highest BCUT2D eigenvalue weighted by atomic mass is 17.1. The van der Waals surface area contributed by atoms with Crippen molar-refractivity contribution in [3.63, 3.8) is 0 Å². The molecule has 5 heteroatoms. The number of hydrogen-bond acceptors (Lipinski definition) is 5. The quantitative estimate of drug-likeness (QED) is 0.312. The van der Waals surface area contributed by atoms with Crippen LogP contribution in [0.4, 0.5) is 0 Å². The summed E-state index contributed by atoms with van der Waals surface area (Å²) in [4.78, 5) is 29.2. The van der Waals surface area contributed by atoms with Crippen LogP contribution in [-0.4, -0.2) is 28.7 Å². The number of carbonyl (C=O) groups is 2. The van der Waals surface area contributed by atoms with Gasteiger partial charge in [0.05, 0.1) is 0 Å². The number of esters is 1. The second kappa shape index (κ2) is 6.91. The number of ketones is 1. The topological polar surface area (TPSA) is 72.8 Å². The van der Waals surface area contributed by atoms with E-state index in [1.165, 1.54) is 12.5 Å². The van der Waals surface area contributed by atoms with E-state index in [1.54, 1.807) is 6.92 Å². The maximum atomic E-state index is 12.7. The molecule has 1 N–H and O–H groups in total. The van der Waals surface area contributed by atoms with Gasteiger partial charge in [-0.2, -0.15) is 0 Å². The number of allylic oxidation sites excluding steroid dienone is 1. The molecule has 0 aromatic heterocycles. The van der Waals surface area contributed by atoms with Crippen LogP contribution < -0.4 is 0 Å². The lowest BCUT2D eigenvalue weighted by Crippen LogP contribution is -2.59. The molecule has 0 spiro atoms. The number of Topliss-reactive ketones (excluding diaryl/α,β-unsaturated/α-hetero) is 1. The predicted octanol–water partition coefficient (Wildman–Crippen LogP) is 4.94. The molecule has 3 saturated carbocycles. The van der Waals surface area contributed by atoms with Gasteiger partial charge < -0.3 is 4.74 Å². The minimum Gasteiger partial charge on any atom is -0.462 e. The van der Waals surface area contributed by atoms with Gasteiger partial charge in [-0.15, -0.1) is 0 Å². The highest BCUT2D eigenvalue weighted by molar-refractivity contribution is 5.87. The van der Waals surface area contributed by atoms with Gasteiger partial charge >= 0.3 is 5.97 Å². The number of rotatable bonds is 3. The highest BCUT2D eigenvalue weighted by Crippen LogP contribution is 2.69. The lowest BCUT2D eigenvalue weighted by atomic mass is 9.46. The second-order valence-electron chi connectivity index (χ2n) is 10.7. The van der Waals surface area contributed by atoms with E-state index in [0.29, 0.717) is 17.8 Å². The minimum atomic E-state index is -1.08. The summed E-state index contributed by atoms with van der Waals surface area (Å²) in [5.74, 6) is 1.23. The molecule has 162 valence electrons. The van der Waals surface area contributed by atoms with Crippen molar-refractivity contribution < 1.29 is 24.5 Å². The van der Waals surface area contributed by atoms with Gasteiger partial charge in [-0.3, -0.25) is 14.8 Å². The van der Waals surface area contributed by atoms with Gasteiger partial charge in [0.25, 0.3) is 0 Å². The molecule has 29 heavy (non-hydrogen) atoms. The zero-order chi connectivity index (χ0) is 21.2. The molecule has 0 aromatic rings. The Balaban J connectivity index is 1.65. The van der Waals surface area contributed by atoms with E-state index in [1.807, 2.05) is 0 Å². The average Bonchev–Trinajstić information content (AvgIpc) is 2.88. The molecule has 4 aliphatic carbocycles. The van der Waals surface area contributed by atoms with E-state index in [2.05, 4.69) is 26.8 Å². The normalized spacial score (nSPS) is 48.8. The molecule has 8 unspecified atom stereocenters. The Labute approximate surface area is 174 Å². The van der Waals surface area contributed by atoms with Crippen molar-refractivity contribution in [2.45, 2.75) is 91.3 Å². The van der Waals surface area contributed by atoms with E-state index < -0.39 is 5.60 Å². The Bertz CT molecular complexity index is 744. The number of carbonyl (C=O) groups excluding carboxylic acids is 2. The molecule has 0 aromatic carbocycles. The predicted molar refractivity (Wildman–Crippen MR) is 109 cm³/mol. The molecular weight excluding hydrogens is 368 g/mol. The van der Waals surface area contributed by atoms with Crippen LogP contribution in [0.5, 0.6) is 0 Å². The van der Waals surface area contributed by atoms with Crippen LogP contribution in [-0.2, 0) is 19.2 Å². The van der Waals surface area contributed by atoms with Crippen molar-refractivity contribution in [2.24, 2.45) is 34.5 Å². The van der Waals surface area contributed by atoms with Crippen molar-refractivity contribution >= 4 is 11.8 Å². The third kappa shape index (κ3) is 2.72. The summed E-state index contributed by atoms with van der Waals surface area (Å²) >= 11 is 0.